The number of benzene rings is 2. The highest BCUT2D eigenvalue weighted by Gasteiger charge is 2.29. The number of anilines is 1. The molecule has 1 aliphatic heterocycles. The van der Waals surface area contributed by atoms with Gasteiger partial charge >= 0.3 is 5.97 Å². The van der Waals surface area contributed by atoms with Crippen molar-refractivity contribution in [1.82, 2.24) is 0 Å². The van der Waals surface area contributed by atoms with Gasteiger partial charge in [-0.25, -0.2) is 8.42 Å². The molecule has 154 valence electrons. The Labute approximate surface area is 171 Å². The SMILES string of the molecule is CC[C@@H](C(=O)OCC(=O)c1ccc2c(c1)CCN2S(=O)(=O)CC)c1ccccc1. The predicted molar refractivity (Wildman–Crippen MR) is 112 cm³/mol. The first-order valence-electron chi connectivity index (χ1n) is 9.75. The third kappa shape index (κ3) is 4.50. The van der Waals surface area contributed by atoms with Gasteiger partial charge in [-0.1, -0.05) is 37.3 Å². The number of carbonyl (C=O) groups excluding carboxylic acids is 2. The highest BCUT2D eigenvalue weighted by atomic mass is 32.2. The van der Waals surface area contributed by atoms with E-state index in [0.717, 1.165) is 11.1 Å². The number of ketones is 1. The van der Waals surface area contributed by atoms with Crippen LogP contribution in [0.5, 0.6) is 0 Å². The molecule has 0 aromatic heterocycles. The van der Waals surface area contributed by atoms with Crippen LogP contribution in [0.2, 0.25) is 0 Å². The summed E-state index contributed by atoms with van der Waals surface area (Å²) in [6.07, 6.45) is 1.14. The third-order valence-electron chi connectivity index (χ3n) is 5.20. The lowest BCUT2D eigenvalue weighted by molar-refractivity contribution is -0.144. The van der Waals surface area contributed by atoms with Crippen molar-refractivity contribution in [2.45, 2.75) is 32.6 Å². The van der Waals surface area contributed by atoms with Crippen LogP contribution in [0.3, 0.4) is 0 Å². The zero-order valence-electron chi connectivity index (χ0n) is 16.6. The Morgan fingerprint density at radius 3 is 2.48 bits per heavy atom. The van der Waals surface area contributed by atoms with E-state index in [9.17, 15) is 18.0 Å². The van der Waals surface area contributed by atoms with E-state index in [1.807, 2.05) is 37.3 Å². The highest BCUT2D eigenvalue weighted by molar-refractivity contribution is 7.92. The van der Waals surface area contributed by atoms with Gasteiger partial charge in [-0.3, -0.25) is 13.9 Å². The lowest BCUT2D eigenvalue weighted by atomic mass is 9.97. The van der Waals surface area contributed by atoms with Crippen LogP contribution in [0.4, 0.5) is 5.69 Å². The van der Waals surface area contributed by atoms with Crippen LogP contribution in [0.15, 0.2) is 48.5 Å². The molecule has 1 aliphatic rings. The monoisotopic (exact) mass is 415 g/mol. The van der Waals surface area contributed by atoms with Gasteiger partial charge in [-0.15, -0.1) is 0 Å². The van der Waals surface area contributed by atoms with E-state index < -0.39 is 21.9 Å². The van der Waals surface area contributed by atoms with Crippen molar-refractivity contribution >= 4 is 27.5 Å². The second kappa shape index (κ2) is 8.78. The zero-order chi connectivity index (χ0) is 21.0. The first-order chi connectivity index (χ1) is 13.9. The summed E-state index contributed by atoms with van der Waals surface area (Å²) in [5, 5.41) is 0. The number of rotatable bonds is 8. The number of ether oxygens (including phenoxy) is 1. The minimum absolute atomic E-state index is 0.0308. The van der Waals surface area contributed by atoms with Gasteiger partial charge in [0.15, 0.2) is 12.4 Å². The summed E-state index contributed by atoms with van der Waals surface area (Å²) in [6, 6.07) is 14.3. The summed E-state index contributed by atoms with van der Waals surface area (Å²) in [6.45, 7) is 3.56. The van der Waals surface area contributed by atoms with Crippen LogP contribution in [0.25, 0.3) is 0 Å². The number of hydrogen-bond donors (Lipinski definition) is 0. The average Bonchev–Trinajstić information content (AvgIpc) is 3.17. The molecule has 6 nitrogen and oxygen atoms in total. The standard InChI is InChI=1S/C22H25NO5S/c1-3-19(16-8-6-5-7-9-16)22(25)28-15-21(24)18-10-11-20-17(14-18)12-13-23(20)29(26,27)4-2/h5-11,14,19H,3-4,12-13,15H2,1-2H3/t19-/m1/s1. The molecule has 0 N–H and O–H groups in total. The van der Waals surface area contributed by atoms with Crippen LogP contribution in [0.1, 0.15) is 47.7 Å². The summed E-state index contributed by atoms with van der Waals surface area (Å²) >= 11 is 0. The van der Waals surface area contributed by atoms with Crippen molar-refractivity contribution < 1.29 is 22.7 Å². The van der Waals surface area contributed by atoms with Crippen molar-refractivity contribution in [3.63, 3.8) is 0 Å². The Kier molecular flexibility index (Phi) is 6.37. The van der Waals surface area contributed by atoms with Crippen molar-refractivity contribution in [3.05, 3.63) is 65.2 Å². The first-order valence-corrected chi connectivity index (χ1v) is 11.4. The van der Waals surface area contributed by atoms with Crippen LogP contribution in [-0.2, 0) is 26.0 Å². The summed E-state index contributed by atoms with van der Waals surface area (Å²) in [5.41, 5.74) is 2.72. The number of hydrogen-bond acceptors (Lipinski definition) is 5. The summed E-state index contributed by atoms with van der Waals surface area (Å²) < 4.78 is 31.0. The van der Waals surface area contributed by atoms with E-state index in [2.05, 4.69) is 0 Å². The molecule has 2 aromatic rings. The molecule has 0 amide bonds. The molecule has 0 saturated heterocycles. The molecule has 2 aromatic carbocycles. The first kappa shape index (κ1) is 21.0. The fraction of sp³-hybridized carbons (Fsp3) is 0.364. The third-order valence-corrected chi connectivity index (χ3v) is 6.98. The van der Waals surface area contributed by atoms with Crippen LogP contribution in [-0.4, -0.2) is 39.1 Å². The van der Waals surface area contributed by atoms with E-state index in [1.54, 1.807) is 25.1 Å². The van der Waals surface area contributed by atoms with Gasteiger partial charge in [0.25, 0.3) is 0 Å². The van der Waals surface area contributed by atoms with Crippen molar-refractivity contribution in [2.24, 2.45) is 0 Å². The van der Waals surface area contributed by atoms with Crippen molar-refractivity contribution in [3.8, 4) is 0 Å². The molecule has 0 radical (unpaired) electrons. The second-order valence-corrected chi connectivity index (χ2v) is 9.15. The van der Waals surface area contributed by atoms with Crippen molar-refractivity contribution in [1.29, 1.82) is 0 Å². The Bertz CT molecular complexity index is 1000. The van der Waals surface area contributed by atoms with E-state index in [-0.39, 0.29) is 18.1 Å². The van der Waals surface area contributed by atoms with E-state index in [4.69, 9.17) is 4.74 Å². The lowest BCUT2D eigenvalue weighted by Gasteiger charge is -2.18. The highest BCUT2D eigenvalue weighted by Crippen LogP contribution is 2.31. The van der Waals surface area contributed by atoms with Gasteiger partial charge in [-0.05, 0) is 49.1 Å². The number of esters is 1. The molecule has 1 heterocycles. The number of fused-ring (bicyclic) bond motifs is 1. The largest absolute Gasteiger partial charge is 0.457 e. The molecule has 0 unspecified atom stereocenters. The summed E-state index contributed by atoms with van der Waals surface area (Å²) in [5.74, 6) is -1.10. The molecule has 0 bridgehead atoms. The number of nitrogens with zero attached hydrogens (tertiary/aromatic N) is 1. The van der Waals surface area contributed by atoms with Crippen LogP contribution >= 0.6 is 0 Å². The van der Waals surface area contributed by atoms with Crippen molar-refractivity contribution in [2.75, 3.05) is 23.2 Å². The van der Waals surface area contributed by atoms with Gasteiger partial charge in [0.05, 0.1) is 17.4 Å². The molecule has 0 spiro atoms. The average molecular weight is 416 g/mol. The van der Waals surface area contributed by atoms with E-state index in [1.165, 1.54) is 4.31 Å². The Morgan fingerprint density at radius 1 is 1.10 bits per heavy atom. The normalized spacial score (nSPS) is 14.3. The van der Waals surface area contributed by atoms with Gasteiger partial charge < -0.3 is 4.74 Å². The Morgan fingerprint density at radius 2 is 1.83 bits per heavy atom. The fourth-order valence-corrected chi connectivity index (χ4v) is 4.69. The van der Waals surface area contributed by atoms with Gasteiger partial charge in [-0.2, -0.15) is 0 Å². The molecular formula is C22H25NO5S. The maximum Gasteiger partial charge on any atom is 0.313 e. The zero-order valence-corrected chi connectivity index (χ0v) is 17.4. The molecule has 0 saturated carbocycles. The van der Waals surface area contributed by atoms with Gasteiger partial charge in [0.1, 0.15) is 0 Å². The molecule has 3 rings (SSSR count). The smallest absolute Gasteiger partial charge is 0.313 e. The summed E-state index contributed by atoms with van der Waals surface area (Å²) in [4.78, 5) is 25.0. The van der Waals surface area contributed by atoms with Gasteiger partial charge in [0.2, 0.25) is 10.0 Å². The molecule has 0 fully saturated rings. The Hall–Kier alpha value is -2.67. The maximum absolute atomic E-state index is 12.5. The summed E-state index contributed by atoms with van der Waals surface area (Å²) in [7, 11) is -3.33. The second-order valence-electron chi connectivity index (χ2n) is 6.97. The minimum Gasteiger partial charge on any atom is -0.457 e. The fourth-order valence-electron chi connectivity index (χ4n) is 3.53. The molecule has 0 aliphatic carbocycles. The topological polar surface area (TPSA) is 80.8 Å². The van der Waals surface area contributed by atoms with E-state index in [0.29, 0.717) is 30.6 Å². The molecule has 7 heteroatoms. The molecular weight excluding hydrogens is 390 g/mol. The lowest BCUT2D eigenvalue weighted by Crippen LogP contribution is -2.30. The van der Waals surface area contributed by atoms with E-state index >= 15 is 0 Å². The predicted octanol–water partition coefficient (Wildman–Crippen LogP) is 3.32. The van der Waals surface area contributed by atoms with Gasteiger partial charge in [0, 0.05) is 12.1 Å². The van der Waals surface area contributed by atoms with Crippen LogP contribution < -0.4 is 4.31 Å². The molecule has 29 heavy (non-hydrogen) atoms. The minimum atomic E-state index is -3.33. The van der Waals surface area contributed by atoms with Crippen LogP contribution in [0, 0.1) is 0 Å². The number of sulfonamides is 1. The quantitative estimate of drug-likeness (QED) is 0.488. The maximum atomic E-state index is 12.5. The number of carbonyl (C=O) groups is 2. The number of Topliss-reactive ketones (excluding diaryl/α,β-unsaturated/α-hetero) is 1. The Balaban J connectivity index is 1.67. The molecule has 1 atom stereocenters.